The highest BCUT2D eigenvalue weighted by atomic mass is 16.4. The third kappa shape index (κ3) is 2.53. The number of hydrogen-bond donors (Lipinski definition) is 2. The Balaban J connectivity index is 2.01. The van der Waals surface area contributed by atoms with Gasteiger partial charge in [0.1, 0.15) is 5.54 Å². The van der Waals surface area contributed by atoms with E-state index in [1.54, 1.807) is 0 Å². The number of carbonyl (C=O) groups excluding carboxylic acids is 1. The first kappa shape index (κ1) is 12.6. The number of carboxylic acids is 1. The Morgan fingerprint density at radius 2 is 1.89 bits per heavy atom. The van der Waals surface area contributed by atoms with Crippen molar-refractivity contribution in [3.63, 3.8) is 0 Å². The molecule has 0 saturated heterocycles. The molecule has 1 saturated carbocycles. The lowest BCUT2D eigenvalue weighted by molar-refractivity contribution is -0.143. The summed E-state index contributed by atoms with van der Waals surface area (Å²) < 4.78 is 0. The fourth-order valence-electron chi connectivity index (χ4n) is 2.08. The Morgan fingerprint density at radius 3 is 2.39 bits per heavy atom. The van der Waals surface area contributed by atoms with E-state index in [1.807, 2.05) is 31.2 Å². The molecule has 2 rings (SSSR count). The molecule has 1 aliphatic rings. The van der Waals surface area contributed by atoms with Crippen molar-refractivity contribution in [2.75, 3.05) is 0 Å². The monoisotopic (exact) mass is 247 g/mol. The van der Waals surface area contributed by atoms with Gasteiger partial charge in [-0.05, 0) is 30.4 Å². The Labute approximate surface area is 106 Å². The van der Waals surface area contributed by atoms with Crippen LogP contribution in [-0.4, -0.2) is 22.5 Å². The number of amides is 1. The van der Waals surface area contributed by atoms with Crippen molar-refractivity contribution in [1.82, 2.24) is 5.32 Å². The largest absolute Gasteiger partial charge is 0.480 e. The number of nitrogens with one attached hydrogen (secondary N) is 1. The molecule has 1 amide bonds. The summed E-state index contributed by atoms with van der Waals surface area (Å²) in [5.74, 6) is -1.14. The van der Waals surface area contributed by atoms with Crippen LogP contribution in [0.2, 0.25) is 0 Å². The summed E-state index contributed by atoms with van der Waals surface area (Å²) in [6.45, 7) is 2.04. The molecule has 1 aromatic rings. The van der Waals surface area contributed by atoms with Crippen LogP contribution in [0.15, 0.2) is 24.3 Å². The summed E-state index contributed by atoms with van der Waals surface area (Å²) in [4.78, 5) is 22.8. The van der Waals surface area contributed by atoms with E-state index in [0.717, 1.165) is 17.5 Å². The second kappa shape index (κ2) is 4.80. The molecule has 0 unspecified atom stereocenters. The van der Waals surface area contributed by atoms with Gasteiger partial charge < -0.3 is 10.4 Å². The quantitative estimate of drug-likeness (QED) is 0.829. The van der Waals surface area contributed by atoms with Crippen LogP contribution in [0.5, 0.6) is 0 Å². The molecule has 18 heavy (non-hydrogen) atoms. The second-order valence-corrected chi connectivity index (χ2v) is 4.73. The highest BCUT2D eigenvalue weighted by Crippen LogP contribution is 2.35. The minimum Gasteiger partial charge on any atom is -0.480 e. The number of carbonyl (C=O) groups is 2. The van der Waals surface area contributed by atoms with Crippen LogP contribution in [0.25, 0.3) is 0 Å². The van der Waals surface area contributed by atoms with E-state index in [4.69, 9.17) is 5.11 Å². The maximum absolute atomic E-state index is 11.9. The highest BCUT2D eigenvalue weighted by Gasteiger charge is 2.51. The van der Waals surface area contributed by atoms with E-state index < -0.39 is 11.5 Å². The normalized spacial score (nSPS) is 16.1. The summed E-state index contributed by atoms with van der Waals surface area (Å²) in [5.41, 5.74) is 1.12. The van der Waals surface area contributed by atoms with Gasteiger partial charge in [-0.3, -0.25) is 4.79 Å². The number of rotatable bonds is 5. The SMILES string of the molecule is CCc1ccccc1CC(=O)NC1(C(=O)O)CC1. The molecule has 0 heterocycles. The molecule has 1 aromatic carbocycles. The van der Waals surface area contributed by atoms with Gasteiger partial charge in [0.2, 0.25) is 5.91 Å². The Morgan fingerprint density at radius 1 is 1.28 bits per heavy atom. The van der Waals surface area contributed by atoms with Crippen molar-refractivity contribution in [3.8, 4) is 0 Å². The van der Waals surface area contributed by atoms with Gasteiger partial charge in [-0.1, -0.05) is 31.2 Å². The lowest BCUT2D eigenvalue weighted by Gasteiger charge is -2.13. The second-order valence-electron chi connectivity index (χ2n) is 4.73. The number of benzene rings is 1. The summed E-state index contributed by atoms with van der Waals surface area (Å²) in [5, 5.41) is 11.6. The number of hydrogen-bond acceptors (Lipinski definition) is 2. The molecular weight excluding hydrogens is 230 g/mol. The van der Waals surface area contributed by atoms with Crippen LogP contribution in [0, 0.1) is 0 Å². The minimum absolute atomic E-state index is 0.212. The van der Waals surface area contributed by atoms with E-state index in [0.29, 0.717) is 12.8 Å². The van der Waals surface area contributed by atoms with Crippen LogP contribution in [0.1, 0.15) is 30.9 Å². The molecule has 4 nitrogen and oxygen atoms in total. The van der Waals surface area contributed by atoms with E-state index in [2.05, 4.69) is 5.32 Å². The summed E-state index contributed by atoms with van der Waals surface area (Å²) in [7, 11) is 0. The van der Waals surface area contributed by atoms with Gasteiger partial charge in [-0.25, -0.2) is 4.79 Å². The lowest BCUT2D eigenvalue weighted by Crippen LogP contribution is -2.43. The van der Waals surface area contributed by atoms with E-state index in [-0.39, 0.29) is 12.3 Å². The van der Waals surface area contributed by atoms with E-state index >= 15 is 0 Å². The van der Waals surface area contributed by atoms with Crippen molar-refractivity contribution in [3.05, 3.63) is 35.4 Å². The molecule has 0 atom stereocenters. The first-order chi connectivity index (χ1) is 8.57. The molecule has 1 fully saturated rings. The molecule has 96 valence electrons. The molecule has 0 radical (unpaired) electrons. The summed E-state index contributed by atoms with van der Waals surface area (Å²) in [6.07, 6.45) is 2.18. The average Bonchev–Trinajstić information content (AvgIpc) is 3.10. The van der Waals surface area contributed by atoms with E-state index in [1.165, 1.54) is 0 Å². The zero-order valence-corrected chi connectivity index (χ0v) is 10.4. The smallest absolute Gasteiger partial charge is 0.329 e. The van der Waals surface area contributed by atoms with Gasteiger partial charge in [0, 0.05) is 0 Å². The Hall–Kier alpha value is -1.84. The molecule has 4 heteroatoms. The van der Waals surface area contributed by atoms with Crippen LogP contribution >= 0.6 is 0 Å². The molecule has 0 aromatic heterocycles. The minimum atomic E-state index is -0.988. The zero-order chi connectivity index (χ0) is 13.2. The van der Waals surface area contributed by atoms with Gasteiger partial charge in [0.15, 0.2) is 0 Å². The lowest BCUT2D eigenvalue weighted by atomic mass is 10.0. The molecule has 0 spiro atoms. The topological polar surface area (TPSA) is 66.4 Å². The Kier molecular flexibility index (Phi) is 3.36. The number of carboxylic acid groups (broad SMARTS) is 1. The summed E-state index contributed by atoms with van der Waals surface area (Å²) >= 11 is 0. The van der Waals surface area contributed by atoms with E-state index in [9.17, 15) is 9.59 Å². The van der Waals surface area contributed by atoms with Crippen LogP contribution in [-0.2, 0) is 22.4 Å². The molecular formula is C14H17NO3. The summed E-state index contributed by atoms with van der Waals surface area (Å²) in [6, 6.07) is 7.75. The van der Waals surface area contributed by atoms with Crippen molar-refractivity contribution in [2.24, 2.45) is 0 Å². The average molecular weight is 247 g/mol. The van der Waals surface area contributed by atoms with Crippen LogP contribution in [0.3, 0.4) is 0 Å². The molecule has 2 N–H and O–H groups in total. The van der Waals surface area contributed by atoms with Crippen molar-refractivity contribution in [1.29, 1.82) is 0 Å². The predicted octanol–water partition coefficient (Wildman–Crippen LogP) is 1.52. The number of aryl methyl sites for hydroxylation is 1. The first-order valence-electron chi connectivity index (χ1n) is 6.18. The van der Waals surface area contributed by atoms with Gasteiger partial charge in [-0.2, -0.15) is 0 Å². The fraction of sp³-hybridized carbons (Fsp3) is 0.429. The van der Waals surface area contributed by atoms with Gasteiger partial charge in [0.05, 0.1) is 6.42 Å². The zero-order valence-electron chi connectivity index (χ0n) is 10.4. The van der Waals surface area contributed by atoms with Crippen molar-refractivity contribution in [2.45, 2.75) is 38.1 Å². The first-order valence-corrected chi connectivity index (χ1v) is 6.18. The van der Waals surface area contributed by atoms with Crippen molar-refractivity contribution >= 4 is 11.9 Å². The Bertz CT molecular complexity index is 478. The highest BCUT2D eigenvalue weighted by molar-refractivity contribution is 5.90. The van der Waals surface area contributed by atoms with Crippen LogP contribution < -0.4 is 5.32 Å². The fourth-order valence-corrected chi connectivity index (χ4v) is 2.08. The van der Waals surface area contributed by atoms with Gasteiger partial charge >= 0.3 is 5.97 Å². The molecule has 1 aliphatic carbocycles. The third-order valence-electron chi connectivity index (χ3n) is 3.39. The maximum atomic E-state index is 11.9. The molecule has 0 aliphatic heterocycles. The standard InChI is InChI=1S/C14H17NO3/c1-2-10-5-3-4-6-11(10)9-12(16)15-14(7-8-14)13(17)18/h3-6H,2,7-9H2,1H3,(H,15,16)(H,17,18). The van der Waals surface area contributed by atoms with Crippen LogP contribution in [0.4, 0.5) is 0 Å². The van der Waals surface area contributed by atoms with Crippen molar-refractivity contribution < 1.29 is 14.7 Å². The predicted molar refractivity (Wildman–Crippen MR) is 67.3 cm³/mol. The number of aliphatic carboxylic acids is 1. The van der Waals surface area contributed by atoms with Gasteiger partial charge in [0.25, 0.3) is 0 Å². The maximum Gasteiger partial charge on any atom is 0.329 e. The third-order valence-corrected chi connectivity index (χ3v) is 3.39. The van der Waals surface area contributed by atoms with Gasteiger partial charge in [-0.15, -0.1) is 0 Å². The molecule has 0 bridgehead atoms.